The number of hydrogen-bond acceptors (Lipinski definition) is 0. The molecule has 2 aromatic rings. The molecule has 140 valence electrons. The summed E-state index contributed by atoms with van der Waals surface area (Å²) >= 11 is 5.61. The monoisotopic (exact) mass is 504 g/mol. The van der Waals surface area contributed by atoms with E-state index in [2.05, 4.69) is 42.2 Å². The fourth-order valence-corrected chi connectivity index (χ4v) is 2.93. The Morgan fingerprint density at radius 2 is 1.35 bits per heavy atom. The number of nitrogens with two attached hydrogens (primary N) is 1. The maximum Gasteiger partial charge on any atom is 0.417 e. The zero-order valence-corrected chi connectivity index (χ0v) is 15.7. The lowest BCUT2D eigenvalue weighted by Crippen LogP contribution is -2.71. The van der Waals surface area contributed by atoms with Crippen molar-refractivity contribution in [2.45, 2.75) is 12.4 Å². The Morgan fingerprint density at radius 1 is 0.846 bits per heavy atom. The van der Waals surface area contributed by atoms with E-state index in [9.17, 15) is 26.3 Å². The van der Waals surface area contributed by atoms with Crippen LogP contribution in [-0.4, -0.2) is 5.96 Å². The Balaban J connectivity index is 2.30. The highest BCUT2D eigenvalue weighted by molar-refractivity contribution is 9.10. The quantitative estimate of drug-likeness (QED) is 0.322. The van der Waals surface area contributed by atoms with Gasteiger partial charge in [0.05, 0.1) is 22.5 Å². The van der Waals surface area contributed by atoms with Crippen molar-refractivity contribution in [3.8, 4) is 0 Å². The van der Waals surface area contributed by atoms with E-state index in [0.29, 0.717) is 0 Å². The number of rotatable bonds is 2. The average Bonchev–Trinajstić information content (AvgIpc) is 2.49. The first-order valence-electron chi connectivity index (χ1n) is 6.78. The van der Waals surface area contributed by atoms with Gasteiger partial charge in [0.1, 0.15) is 0 Å². The van der Waals surface area contributed by atoms with Crippen molar-refractivity contribution in [2.75, 3.05) is 5.32 Å². The smallest absolute Gasteiger partial charge is 0.290 e. The third kappa shape index (κ3) is 5.13. The Labute approximate surface area is 160 Å². The van der Waals surface area contributed by atoms with Gasteiger partial charge in [-0.25, -0.2) is 10.3 Å². The predicted octanol–water partition coefficient (Wildman–Crippen LogP) is 4.39. The Hall–Kier alpha value is -1.75. The van der Waals surface area contributed by atoms with E-state index in [-0.39, 0.29) is 26.3 Å². The van der Waals surface area contributed by atoms with Crippen molar-refractivity contribution >= 4 is 49.2 Å². The molecule has 0 saturated carbocycles. The van der Waals surface area contributed by atoms with Gasteiger partial charge in [0.25, 0.3) is 0 Å². The van der Waals surface area contributed by atoms with Crippen molar-refractivity contribution < 1.29 is 31.3 Å². The van der Waals surface area contributed by atoms with E-state index in [1.165, 1.54) is 24.3 Å². The highest BCUT2D eigenvalue weighted by Crippen LogP contribution is 2.37. The van der Waals surface area contributed by atoms with E-state index in [0.717, 1.165) is 12.1 Å². The summed E-state index contributed by atoms with van der Waals surface area (Å²) in [4.78, 5) is 2.47. The second kappa shape index (κ2) is 7.47. The maximum atomic E-state index is 12.9. The number of nitrogens with one attached hydrogen (secondary N) is 2. The summed E-state index contributed by atoms with van der Waals surface area (Å²) in [6, 6.07) is 6.66. The summed E-state index contributed by atoms with van der Waals surface area (Å²) in [5, 5.41) is 2.47. The molecule has 0 heterocycles. The Morgan fingerprint density at radius 3 is 1.88 bits per heavy atom. The largest absolute Gasteiger partial charge is 0.417 e. The topological polar surface area (TPSA) is 52.0 Å². The van der Waals surface area contributed by atoms with Gasteiger partial charge in [0.15, 0.2) is 0 Å². The van der Waals surface area contributed by atoms with Crippen LogP contribution >= 0.6 is 31.9 Å². The molecule has 2 aromatic carbocycles. The normalized spacial score (nSPS) is 13.0. The van der Waals surface area contributed by atoms with Crippen molar-refractivity contribution in [2.24, 2.45) is 5.73 Å². The molecule has 3 nitrogen and oxygen atoms in total. The van der Waals surface area contributed by atoms with Gasteiger partial charge in [-0.3, -0.25) is 5.73 Å². The molecule has 4 N–H and O–H groups in total. The number of hydrogen-bond donors (Lipinski definition) is 3. The standard InChI is InChI=1S/C15H9Br2F6N3/c16-11-3-1-7(5-9(11)14(18,19)20)25-13(24)26-8-2-4-12(17)10(6-8)15(21,22)23/h1-6H,(H3,24,25,26)/p+1. The SMILES string of the molecule is NC(Nc1ccc(Br)c(C(F)(F)F)c1)=[NH+]c1ccc(Br)c(C(F)(F)F)c1. The lowest BCUT2D eigenvalue weighted by atomic mass is 10.2. The van der Waals surface area contributed by atoms with Gasteiger partial charge in [-0.1, -0.05) is 31.9 Å². The van der Waals surface area contributed by atoms with Crippen LogP contribution in [0.3, 0.4) is 0 Å². The van der Waals surface area contributed by atoms with Gasteiger partial charge < -0.3 is 0 Å². The number of alkyl halides is 6. The molecule has 0 spiro atoms. The van der Waals surface area contributed by atoms with Crippen LogP contribution in [0.4, 0.5) is 37.7 Å². The van der Waals surface area contributed by atoms with Crippen molar-refractivity contribution in [1.82, 2.24) is 0 Å². The van der Waals surface area contributed by atoms with Gasteiger partial charge in [-0.15, -0.1) is 0 Å². The summed E-state index contributed by atoms with van der Waals surface area (Å²) in [5.41, 5.74) is 3.83. The van der Waals surface area contributed by atoms with Crippen LogP contribution in [0, 0.1) is 0 Å². The molecule has 0 bridgehead atoms. The van der Waals surface area contributed by atoms with Gasteiger partial charge >= 0.3 is 18.3 Å². The van der Waals surface area contributed by atoms with Crippen molar-refractivity contribution in [3.63, 3.8) is 0 Å². The van der Waals surface area contributed by atoms with E-state index >= 15 is 0 Å². The van der Waals surface area contributed by atoms with Crippen LogP contribution in [-0.2, 0) is 12.4 Å². The minimum absolute atomic E-state index is 0.0127. The molecular formula is C15H10Br2F6N3+. The van der Waals surface area contributed by atoms with Crippen LogP contribution in [0.1, 0.15) is 11.1 Å². The minimum atomic E-state index is -4.58. The molecule has 0 unspecified atom stereocenters. The van der Waals surface area contributed by atoms with E-state index in [1.54, 1.807) is 0 Å². The first kappa shape index (κ1) is 20.6. The highest BCUT2D eigenvalue weighted by atomic mass is 79.9. The fraction of sp³-hybridized carbons (Fsp3) is 0.133. The van der Waals surface area contributed by atoms with Crippen LogP contribution in [0.5, 0.6) is 0 Å². The number of guanidine groups is 1. The second-order valence-corrected chi connectivity index (χ2v) is 6.76. The first-order valence-corrected chi connectivity index (χ1v) is 8.36. The molecule has 0 amide bonds. The van der Waals surface area contributed by atoms with Crippen LogP contribution < -0.4 is 16.0 Å². The lowest BCUT2D eigenvalue weighted by Gasteiger charge is -2.10. The van der Waals surface area contributed by atoms with Crippen molar-refractivity contribution in [3.05, 3.63) is 56.5 Å². The third-order valence-electron chi connectivity index (χ3n) is 3.10. The third-order valence-corrected chi connectivity index (χ3v) is 4.48. The van der Waals surface area contributed by atoms with Crippen LogP contribution in [0.15, 0.2) is 45.3 Å². The minimum Gasteiger partial charge on any atom is -0.290 e. The van der Waals surface area contributed by atoms with E-state index < -0.39 is 23.5 Å². The summed E-state index contributed by atoms with van der Waals surface area (Å²) in [6.07, 6.45) is -9.15. The first-order chi connectivity index (χ1) is 11.9. The average molecular weight is 506 g/mol. The lowest BCUT2D eigenvalue weighted by molar-refractivity contribution is -0.355. The number of anilines is 1. The molecule has 11 heteroatoms. The van der Waals surface area contributed by atoms with Crippen LogP contribution in [0.25, 0.3) is 0 Å². The van der Waals surface area contributed by atoms with Gasteiger partial charge in [0.2, 0.25) is 0 Å². The maximum absolute atomic E-state index is 12.9. The van der Waals surface area contributed by atoms with E-state index in [4.69, 9.17) is 5.73 Å². The molecule has 26 heavy (non-hydrogen) atoms. The van der Waals surface area contributed by atoms with E-state index in [1.807, 2.05) is 0 Å². The summed E-state index contributed by atoms with van der Waals surface area (Å²) in [7, 11) is 0. The molecule has 0 atom stereocenters. The summed E-state index contributed by atoms with van der Waals surface area (Å²) < 4.78 is 77.0. The molecule has 0 saturated heterocycles. The number of halogens is 8. The zero-order valence-electron chi connectivity index (χ0n) is 12.6. The Bertz CT molecular complexity index is 846. The molecule has 0 radical (unpaired) electrons. The highest BCUT2D eigenvalue weighted by Gasteiger charge is 2.34. The zero-order chi connectivity index (χ0) is 19.7. The Kier molecular flexibility index (Phi) is 5.91. The molecule has 0 aliphatic heterocycles. The van der Waals surface area contributed by atoms with Gasteiger partial charge in [0, 0.05) is 8.95 Å². The van der Waals surface area contributed by atoms with Crippen LogP contribution in [0.2, 0.25) is 0 Å². The van der Waals surface area contributed by atoms with Gasteiger partial charge in [-0.2, -0.15) is 26.3 Å². The molecule has 0 aliphatic carbocycles. The number of benzene rings is 2. The fourth-order valence-electron chi connectivity index (χ4n) is 1.98. The summed E-state index contributed by atoms with van der Waals surface area (Å²) in [5.74, 6) is -0.240. The summed E-state index contributed by atoms with van der Waals surface area (Å²) in [6.45, 7) is 0. The molecule has 0 fully saturated rings. The van der Waals surface area contributed by atoms with Crippen molar-refractivity contribution in [1.29, 1.82) is 0 Å². The van der Waals surface area contributed by atoms with Gasteiger partial charge in [-0.05, 0) is 36.4 Å². The molecule has 0 aliphatic rings. The second-order valence-electron chi connectivity index (χ2n) is 5.05. The molecule has 2 rings (SSSR count). The molecular weight excluding hydrogens is 496 g/mol. The molecule has 0 aromatic heterocycles. The predicted molar refractivity (Wildman–Crippen MR) is 91.7 cm³/mol.